The first kappa shape index (κ1) is 23.4. The Labute approximate surface area is 190 Å². The second kappa shape index (κ2) is 8.90. The summed E-state index contributed by atoms with van der Waals surface area (Å²) in [5, 5.41) is 1.17. The van der Waals surface area contributed by atoms with Gasteiger partial charge in [-0.15, -0.1) is 11.3 Å². The fourth-order valence-electron chi connectivity index (χ4n) is 3.68. The van der Waals surface area contributed by atoms with E-state index in [1.54, 1.807) is 13.2 Å². The summed E-state index contributed by atoms with van der Waals surface area (Å²) >= 11 is 1.34. The highest BCUT2D eigenvalue weighted by Crippen LogP contribution is 2.35. The molecule has 1 aliphatic rings. The molecule has 0 atom stereocenters. The second-order valence-corrected chi connectivity index (χ2v) is 10.4. The van der Waals surface area contributed by atoms with Crippen molar-refractivity contribution in [2.24, 2.45) is 0 Å². The topological polar surface area (TPSA) is 59.5 Å². The van der Waals surface area contributed by atoms with Gasteiger partial charge in [-0.1, -0.05) is 12.1 Å². The van der Waals surface area contributed by atoms with Gasteiger partial charge in [0.25, 0.3) is 0 Å². The van der Waals surface area contributed by atoms with Gasteiger partial charge in [0.2, 0.25) is 5.82 Å². The number of hydrogen-bond acceptors (Lipinski definition) is 6. The van der Waals surface area contributed by atoms with E-state index in [9.17, 15) is 30.4 Å². The first-order valence-corrected chi connectivity index (χ1v) is 12.2. The van der Waals surface area contributed by atoms with Crippen LogP contribution in [0.3, 0.4) is 0 Å². The summed E-state index contributed by atoms with van der Waals surface area (Å²) in [6.45, 7) is 0.370. The SMILES string of the molecule is COc1cccc(-c2csc(N3CCC(S(=O)(=O)c4c(F)c(F)c(F)c(F)c4F)CC3)n2)c1. The van der Waals surface area contributed by atoms with Gasteiger partial charge in [0.15, 0.2) is 38.2 Å². The van der Waals surface area contributed by atoms with Crippen molar-refractivity contribution in [1.29, 1.82) is 0 Å². The van der Waals surface area contributed by atoms with Gasteiger partial charge in [0.05, 0.1) is 18.1 Å². The molecule has 4 rings (SSSR count). The zero-order valence-electron chi connectivity index (χ0n) is 17.1. The van der Waals surface area contributed by atoms with Gasteiger partial charge in [0.1, 0.15) is 10.6 Å². The van der Waals surface area contributed by atoms with E-state index >= 15 is 0 Å². The van der Waals surface area contributed by atoms with Crippen molar-refractivity contribution in [3.8, 4) is 17.0 Å². The fourth-order valence-corrected chi connectivity index (χ4v) is 6.42. The number of halogens is 5. The van der Waals surface area contributed by atoms with Crippen molar-refractivity contribution < 1.29 is 35.1 Å². The lowest BCUT2D eigenvalue weighted by molar-refractivity contribution is 0.356. The molecule has 0 spiro atoms. The van der Waals surface area contributed by atoms with Crippen LogP contribution < -0.4 is 9.64 Å². The molecule has 1 aromatic heterocycles. The van der Waals surface area contributed by atoms with Crippen molar-refractivity contribution in [1.82, 2.24) is 4.98 Å². The zero-order chi connectivity index (χ0) is 23.9. The molecular weight excluding hydrogens is 487 g/mol. The van der Waals surface area contributed by atoms with Crippen LogP contribution in [0, 0.1) is 29.1 Å². The maximum Gasteiger partial charge on any atom is 0.200 e. The molecule has 33 heavy (non-hydrogen) atoms. The molecule has 0 unspecified atom stereocenters. The molecule has 0 bridgehead atoms. The molecule has 12 heteroatoms. The van der Waals surface area contributed by atoms with E-state index in [0.29, 0.717) is 16.6 Å². The number of thiazole rings is 1. The molecule has 0 amide bonds. The van der Waals surface area contributed by atoms with Crippen LogP contribution in [0.1, 0.15) is 12.8 Å². The van der Waals surface area contributed by atoms with Crippen LogP contribution in [0.15, 0.2) is 34.5 Å². The average molecular weight is 505 g/mol. The molecular formula is C21H17F5N2O3S2. The Hall–Kier alpha value is -2.73. The maximum atomic E-state index is 14.1. The van der Waals surface area contributed by atoms with Crippen molar-refractivity contribution >= 4 is 26.3 Å². The molecule has 0 aliphatic carbocycles. The molecule has 0 radical (unpaired) electrons. The number of nitrogens with zero attached hydrogens (tertiary/aromatic N) is 2. The Morgan fingerprint density at radius 3 is 2.21 bits per heavy atom. The van der Waals surface area contributed by atoms with E-state index in [0.717, 1.165) is 5.56 Å². The molecule has 0 N–H and O–H groups in total. The van der Waals surface area contributed by atoms with Crippen molar-refractivity contribution in [2.75, 3.05) is 25.1 Å². The largest absolute Gasteiger partial charge is 0.497 e. The van der Waals surface area contributed by atoms with Crippen LogP contribution in [0.25, 0.3) is 11.3 Å². The summed E-state index contributed by atoms with van der Waals surface area (Å²) in [5.41, 5.74) is 1.53. The first-order valence-electron chi connectivity index (χ1n) is 9.75. The molecule has 176 valence electrons. The lowest BCUT2D eigenvalue weighted by atomic mass is 10.1. The van der Waals surface area contributed by atoms with Crippen molar-refractivity contribution in [3.63, 3.8) is 0 Å². The Morgan fingerprint density at radius 2 is 1.61 bits per heavy atom. The van der Waals surface area contributed by atoms with Gasteiger partial charge in [-0.05, 0) is 25.0 Å². The molecule has 5 nitrogen and oxygen atoms in total. The number of aromatic nitrogens is 1. The molecule has 1 fully saturated rings. The lowest BCUT2D eigenvalue weighted by Gasteiger charge is -2.31. The Kier molecular flexibility index (Phi) is 6.32. The summed E-state index contributed by atoms with van der Waals surface area (Å²) in [6.07, 6.45) is -0.119. The van der Waals surface area contributed by atoms with E-state index in [2.05, 4.69) is 4.98 Å². The highest BCUT2D eigenvalue weighted by atomic mass is 32.2. The molecule has 1 aliphatic heterocycles. The number of benzene rings is 2. The van der Waals surface area contributed by atoms with Gasteiger partial charge in [-0.25, -0.2) is 35.4 Å². The number of piperidine rings is 1. The fraction of sp³-hybridized carbons (Fsp3) is 0.286. The Balaban J connectivity index is 1.53. The zero-order valence-corrected chi connectivity index (χ0v) is 18.8. The first-order chi connectivity index (χ1) is 15.6. The van der Waals surface area contributed by atoms with Gasteiger partial charge in [-0.3, -0.25) is 0 Å². The van der Waals surface area contributed by atoms with Crippen LogP contribution >= 0.6 is 11.3 Å². The summed E-state index contributed by atoms with van der Waals surface area (Å²) in [4.78, 5) is 4.61. The third-order valence-corrected chi connectivity index (χ3v) is 8.64. The van der Waals surface area contributed by atoms with Gasteiger partial charge >= 0.3 is 0 Å². The number of anilines is 1. The van der Waals surface area contributed by atoms with E-state index in [4.69, 9.17) is 4.74 Å². The van der Waals surface area contributed by atoms with Gasteiger partial charge in [-0.2, -0.15) is 0 Å². The smallest absolute Gasteiger partial charge is 0.200 e. The van der Waals surface area contributed by atoms with Crippen molar-refractivity contribution in [3.05, 3.63) is 58.7 Å². The molecule has 3 aromatic rings. The highest BCUT2D eigenvalue weighted by Gasteiger charge is 2.39. The van der Waals surface area contributed by atoms with E-state index in [1.165, 1.54) is 11.3 Å². The predicted molar refractivity (Wildman–Crippen MR) is 113 cm³/mol. The van der Waals surface area contributed by atoms with Gasteiger partial charge in [0, 0.05) is 24.0 Å². The maximum absolute atomic E-state index is 14.1. The van der Waals surface area contributed by atoms with E-state index in [-0.39, 0.29) is 25.9 Å². The minimum absolute atomic E-state index is 0.0596. The summed E-state index contributed by atoms with van der Waals surface area (Å²) in [5.74, 6) is -11.0. The standard InChI is InChI=1S/C21H17F5N2O3S2/c1-31-12-4-2-3-11(9-12)14-10-32-21(27-14)28-7-5-13(6-8-28)33(29,30)20-18(25)16(23)15(22)17(24)19(20)26/h2-4,9-10,13H,5-8H2,1H3. The highest BCUT2D eigenvalue weighted by molar-refractivity contribution is 7.92. The number of ether oxygens (including phenoxy) is 1. The third kappa shape index (κ3) is 4.17. The summed E-state index contributed by atoms with van der Waals surface area (Å²) in [6, 6.07) is 7.31. The molecule has 1 saturated heterocycles. The second-order valence-electron chi connectivity index (χ2n) is 7.38. The molecule has 0 saturated carbocycles. The average Bonchev–Trinajstić information content (AvgIpc) is 3.32. The third-order valence-electron chi connectivity index (χ3n) is 5.46. The minimum atomic E-state index is -4.79. The molecule has 2 aromatic carbocycles. The Morgan fingerprint density at radius 1 is 1.00 bits per heavy atom. The summed E-state index contributed by atoms with van der Waals surface area (Å²) < 4.78 is 99.2. The van der Waals surface area contributed by atoms with Crippen LogP contribution in [0.5, 0.6) is 5.75 Å². The number of hydrogen-bond donors (Lipinski definition) is 0. The number of rotatable bonds is 5. The number of sulfone groups is 1. The Bertz CT molecular complexity index is 1280. The minimum Gasteiger partial charge on any atom is -0.497 e. The van der Waals surface area contributed by atoms with Crippen LogP contribution in [0.4, 0.5) is 27.1 Å². The van der Waals surface area contributed by atoms with E-state index < -0.39 is 49.1 Å². The summed E-state index contributed by atoms with van der Waals surface area (Å²) in [7, 11) is -3.24. The molecule has 2 heterocycles. The monoisotopic (exact) mass is 504 g/mol. The van der Waals surface area contributed by atoms with Crippen LogP contribution in [-0.2, 0) is 9.84 Å². The van der Waals surface area contributed by atoms with Crippen molar-refractivity contribution in [2.45, 2.75) is 23.0 Å². The predicted octanol–water partition coefficient (Wildman–Crippen LogP) is 4.96. The number of methoxy groups -OCH3 is 1. The van der Waals surface area contributed by atoms with E-state index in [1.807, 2.05) is 28.5 Å². The normalized spacial score (nSPS) is 15.2. The van der Waals surface area contributed by atoms with Crippen LogP contribution in [0.2, 0.25) is 0 Å². The lowest BCUT2D eigenvalue weighted by Crippen LogP contribution is -2.40. The van der Waals surface area contributed by atoms with Crippen LogP contribution in [-0.4, -0.2) is 38.9 Å². The van der Waals surface area contributed by atoms with Gasteiger partial charge < -0.3 is 9.64 Å². The quantitative estimate of drug-likeness (QED) is 0.213.